The highest BCUT2D eigenvalue weighted by Gasteiger charge is 2.32. The lowest BCUT2D eigenvalue weighted by atomic mass is 10.0. The summed E-state index contributed by atoms with van der Waals surface area (Å²) in [5.41, 5.74) is 2.60. The second-order valence-electron chi connectivity index (χ2n) is 7.52. The van der Waals surface area contributed by atoms with Crippen molar-refractivity contribution in [2.75, 3.05) is 6.54 Å². The van der Waals surface area contributed by atoms with Crippen LogP contribution in [0.2, 0.25) is 0 Å². The van der Waals surface area contributed by atoms with Crippen LogP contribution in [-0.4, -0.2) is 49.7 Å². The van der Waals surface area contributed by atoms with Crippen LogP contribution >= 0.6 is 24.0 Å². The molecule has 1 fully saturated rings. The number of thiocarbonyl (C=S) groups is 1. The van der Waals surface area contributed by atoms with Crippen molar-refractivity contribution >= 4 is 63.1 Å². The molecular weight excluding hydrogens is 458 g/mol. The van der Waals surface area contributed by atoms with Crippen molar-refractivity contribution in [1.82, 2.24) is 15.2 Å². The Morgan fingerprint density at radius 2 is 1.88 bits per heavy atom. The molecule has 1 aliphatic rings. The number of carbonyl (C=O) groups excluding carboxylic acids is 2. The third kappa shape index (κ3) is 5.32. The molecule has 1 aromatic heterocycles. The van der Waals surface area contributed by atoms with E-state index in [4.69, 9.17) is 12.2 Å². The molecule has 0 radical (unpaired) electrons. The number of fused-ring (bicyclic) bond motifs is 1. The minimum absolute atomic E-state index is 0.0529. The van der Waals surface area contributed by atoms with Gasteiger partial charge in [-0.2, -0.15) is 0 Å². The number of amides is 2. The molecule has 0 saturated carbocycles. The summed E-state index contributed by atoms with van der Waals surface area (Å²) in [7, 11) is 0. The fraction of sp³-hybridized carbons (Fsp3) is 0.167. The van der Waals surface area contributed by atoms with Crippen molar-refractivity contribution in [3.8, 4) is 0 Å². The highest BCUT2D eigenvalue weighted by molar-refractivity contribution is 8.26. The molecule has 168 valence electrons. The Morgan fingerprint density at radius 3 is 2.64 bits per heavy atom. The molecule has 33 heavy (non-hydrogen) atoms. The number of carboxylic acid groups (broad SMARTS) is 1. The SMILES string of the molecule is O=C(CCN1C(=O)/C(=C/c2ccccc2)SC1=S)NC(Cc1c[nH]c2ccccc12)C(=O)O. The topological polar surface area (TPSA) is 103 Å². The first-order chi connectivity index (χ1) is 15.9. The van der Waals surface area contributed by atoms with Gasteiger partial charge in [0.2, 0.25) is 5.91 Å². The quantitative estimate of drug-likeness (QED) is 0.337. The van der Waals surface area contributed by atoms with E-state index in [0.717, 1.165) is 22.0 Å². The van der Waals surface area contributed by atoms with Crippen LogP contribution in [0.4, 0.5) is 0 Å². The van der Waals surface area contributed by atoms with Crippen molar-refractivity contribution in [3.63, 3.8) is 0 Å². The molecule has 0 aliphatic carbocycles. The summed E-state index contributed by atoms with van der Waals surface area (Å²) in [5, 5.41) is 13.1. The second-order valence-corrected chi connectivity index (χ2v) is 9.19. The van der Waals surface area contributed by atoms with E-state index >= 15 is 0 Å². The molecule has 2 amide bonds. The monoisotopic (exact) mass is 479 g/mol. The summed E-state index contributed by atoms with van der Waals surface area (Å²) in [6, 6.07) is 15.9. The number of rotatable bonds is 8. The molecule has 3 N–H and O–H groups in total. The Hall–Kier alpha value is -3.43. The number of thioether (sulfide) groups is 1. The average Bonchev–Trinajstić information content (AvgIpc) is 3.33. The van der Waals surface area contributed by atoms with Gasteiger partial charge in [-0.1, -0.05) is 72.5 Å². The van der Waals surface area contributed by atoms with Crippen molar-refractivity contribution in [1.29, 1.82) is 0 Å². The minimum atomic E-state index is -1.12. The normalized spacial score (nSPS) is 15.9. The molecule has 1 unspecified atom stereocenters. The zero-order chi connectivity index (χ0) is 23.4. The number of benzene rings is 2. The van der Waals surface area contributed by atoms with Crippen LogP contribution in [0.1, 0.15) is 17.5 Å². The van der Waals surface area contributed by atoms with E-state index in [1.54, 1.807) is 12.3 Å². The number of hydrogen-bond donors (Lipinski definition) is 3. The van der Waals surface area contributed by atoms with E-state index in [1.807, 2.05) is 54.6 Å². The van der Waals surface area contributed by atoms with Gasteiger partial charge in [-0.05, 0) is 23.3 Å². The summed E-state index contributed by atoms with van der Waals surface area (Å²) >= 11 is 6.50. The lowest BCUT2D eigenvalue weighted by Gasteiger charge is -2.17. The van der Waals surface area contributed by atoms with Gasteiger partial charge in [-0.25, -0.2) is 4.79 Å². The van der Waals surface area contributed by atoms with Crippen LogP contribution in [-0.2, 0) is 20.8 Å². The first kappa shape index (κ1) is 22.8. The number of carbonyl (C=O) groups is 3. The number of aromatic nitrogens is 1. The Kier molecular flexibility index (Phi) is 6.90. The van der Waals surface area contributed by atoms with Gasteiger partial charge in [-0.3, -0.25) is 14.5 Å². The number of aromatic amines is 1. The maximum absolute atomic E-state index is 12.7. The molecule has 7 nitrogen and oxygen atoms in total. The number of hydrogen-bond acceptors (Lipinski definition) is 5. The Labute approximate surface area is 199 Å². The largest absolute Gasteiger partial charge is 0.480 e. The molecule has 1 atom stereocenters. The van der Waals surface area contributed by atoms with E-state index in [2.05, 4.69) is 10.3 Å². The van der Waals surface area contributed by atoms with Crippen LogP contribution in [0, 0.1) is 0 Å². The fourth-order valence-electron chi connectivity index (χ4n) is 3.59. The van der Waals surface area contributed by atoms with Gasteiger partial charge in [-0.15, -0.1) is 0 Å². The van der Waals surface area contributed by atoms with Gasteiger partial charge in [0.25, 0.3) is 5.91 Å². The van der Waals surface area contributed by atoms with Crippen molar-refractivity contribution < 1.29 is 19.5 Å². The average molecular weight is 480 g/mol. The lowest BCUT2D eigenvalue weighted by molar-refractivity contribution is -0.141. The number of carboxylic acids is 1. The molecule has 3 aromatic rings. The summed E-state index contributed by atoms with van der Waals surface area (Å²) < 4.78 is 0.378. The highest BCUT2D eigenvalue weighted by atomic mass is 32.2. The minimum Gasteiger partial charge on any atom is -0.480 e. The van der Waals surface area contributed by atoms with Gasteiger partial charge < -0.3 is 15.4 Å². The van der Waals surface area contributed by atoms with Crippen LogP contribution in [0.5, 0.6) is 0 Å². The standard InChI is InChI=1S/C24H21N3O4S2/c28-21(26-19(23(30)31)13-16-14-25-18-9-5-4-8-17(16)18)10-11-27-22(29)20(33-24(27)32)12-15-6-2-1-3-7-15/h1-9,12,14,19,25H,10-11,13H2,(H,26,28)(H,30,31)/b20-12-. The van der Waals surface area contributed by atoms with Crippen LogP contribution in [0.15, 0.2) is 65.7 Å². The highest BCUT2D eigenvalue weighted by Crippen LogP contribution is 2.32. The van der Waals surface area contributed by atoms with Gasteiger partial charge in [0, 0.05) is 36.5 Å². The molecule has 0 bridgehead atoms. The maximum atomic E-state index is 12.7. The fourth-order valence-corrected chi connectivity index (χ4v) is 4.90. The third-order valence-corrected chi connectivity index (χ3v) is 6.64. The van der Waals surface area contributed by atoms with E-state index in [1.165, 1.54) is 16.7 Å². The van der Waals surface area contributed by atoms with Crippen molar-refractivity contribution in [2.24, 2.45) is 0 Å². The Bertz CT molecular complexity index is 1250. The summed E-state index contributed by atoms with van der Waals surface area (Å²) in [6.07, 6.45) is 3.61. The smallest absolute Gasteiger partial charge is 0.326 e. The van der Waals surface area contributed by atoms with Gasteiger partial charge in [0.15, 0.2) is 0 Å². The van der Waals surface area contributed by atoms with Crippen LogP contribution < -0.4 is 5.32 Å². The first-order valence-electron chi connectivity index (χ1n) is 10.3. The summed E-state index contributed by atoms with van der Waals surface area (Å²) in [5.74, 6) is -1.83. The van der Waals surface area contributed by atoms with Crippen LogP contribution in [0.3, 0.4) is 0 Å². The molecule has 9 heteroatoms. The number of H-pyrrole nitrogens is 1. The molecule has 2 heterocycles. The molecular formula is C24H21N3O4S2. The second kappa shape index (κ2) is 10.0. The molecule has 1 saturated heterocycles. The van der Waals surface area contributed by atoms with Crippen molar-refractivity contribution in [2.45, 2.75) is 18.9 Å². The first-order valence-corrected chi connectivity index (χ1v) is 11.5. The molecule has 2 aromatic carbocycles. The Balaban J connectivity index is 1.36. The molecule has 1 aliphatic heterocycles. The maximum Gasteiger partial charge on any atom is 0.326 e. The summed E-state index contributed by atoms with van der Waals surface area (Å²) in [6.45, 7) is 0.0854. The molecule has 0 spiro atoms. The lowest BCUT2D eigenvalue weighted by Crippen LogP contribution is -2.43. The van der Waals surface area contributed by atoms with Crippen LogP contribution in [0.25, 0.3) is 17.0 Å². The number of nitrogens with one attached hydrogen (secondary N) is 2. The van der Waals surface area contributed by atoms with E-state index in [0.29, 0.717) is 9.23 Å². The Morgan fingerprint density at radius 1 is 1.15 bits per heavy atom. The number of nitrogens with zero attached hydrogens (tertiary/aromatic N) is 1. The zero-order valence-electron chi connectivity index (χ0n) is 17.5. The van der Waals surface area contributed by atoms with E-state index in [9.17, 15) is 19.5 Å². The number of aliphatic carboxylic acids is 1. The van der Waals surface area contributed by atoms with E-state index < -0.39 is 17.9 Å². The number of para-hydroxylation sites is 1. The van der Waals surface area contributed by atoms with Gasteiger partial charge in [0.1, 0.15) is 10.4 Å². The van der Waals surface area contributed by atoms with Gasteiger partial charge in [0.05, 0.1) is 4.91 Å². The van der Waals surface area contributed by atoms with Gasteiger partial charge >= 0.3 is 5.97 Å². The molecule has 4 rings (SSSR count). The predicted octanol–water partition coefficient (Wildman–Crippen LogP) is 3.57. The third-order valence-electron chi connectivity index (χ3n) is 5.27. The van der Waals surface area contributed by atoms with Crippen molar-refractivity contribution in [3.05, 3.63) is 76.8 Å². The predicted molar refractivity (Wildman–Crippen MR) is 133 cm³/mol. The van der Waals surface area contributed by atoms with E-state index in [-0.39, 0.29) is 25.3 Å². The summed E-state index contributed by atoms with van der Waals surface area (Å²) in [4.78, 5) is 42.0. The zero-order valence-corrected chi connectivity index (χ0v) is 19.1.